The number of carbonyl (C=O) groups excluding carboxylic acids is 2. The summed E-state index contributed by atoms with van der Waals surface area (Å²) in [5.41, 5.74) is 5.42. The van der Waals surface area contributed by atoms with Crippen molar-refractivity contribution in [3.8, 4) is 0 Å². The number of ether oxygens (including phenoxy) is 1. The molecule has 0 spiro atoms. The molecule has 0 aromatic rings. The molecular formula is C14H24N2O6. The molecule has 8 nitrogen and oxygen atoms in total. The number of nitrogens with two attached hydrogens (primary N) is 1. The van der Waals surface area contributed by atoms with E-state index in [9.17, 15) is 19.5 Å². The topological polar surface area (TPSA) is 139 Å². The SMILES string of the molecule is C[C@@H](O)[C@@H](NC(=O)[C@@H](N)CC(=O)O)C(=O)OC1CCCCC1. The molecule has 0 aromatic carbocycles. The van der Waals surface area contributed by atoms with Gasteiger partial charge in [-0.15, -0.1) is 0 Å². The maximum atomic E-state index is 12.1. The Morgan fingerprint density at radius 2 is 1.86 bits per heavy atom. The number of carbonyl (C=O) groups is 3. The van der Waals surface area contributed by atoms with Crippen molar-refractivity contribution in [2.45, 2.75) is 69.7 Å². The first-order valence-electron chi connectivity index (χ1n) is 7.47. The Kier molecular flexibility index (Phi) is 7.26. The first kappa shape index (κ1) is 18.4. The molecule has 1 aliphatic carbocycles. The lowest BCUT2D eigenvalue weighted by molar-refractivity contribution is -0.157. The van der Waals surface area contributed by atoms with E-state index in [0.717, 1.165) is 32.1 Å². The van der Waals surface area contributed by atoms with Crippen LogP contribution in [0.3, 0.4) is 0 Å². The summed E-state index contributed by atoms with van der Waals surface area (Å²) >= 11 is 0. The predicted molar refractivity (Wildman–Crippen MR) is 76.8 cm³/mol. The number of hydrogen-bond donors (Lipinski definition) is 4. The number of nitrogens with one attached hydrogen (secondary N) is 1. The van der Waals surface area contributed by atoms with Gasteiger partial charge in [0.05, 0.1) is 18.6 Å². The molecule has 3 atom stereocenters. The number of aliphatic carboxylic acids is 1. The van der Waals surface area contributed by atoms with Crippen molar-refractivity contribution in [1.82, 2.24) is 5.32 Å². The third-order valence-electron chi connectivity index (χ3n) is 3.60. The van der Waals surface area contributed by atoms with Crippen LogP contribution in [-0.2, 0) is 19.1 Å². The van der Waals surface area contributed by atoms with Crippen LogP contribution in [0, 0.1) is 0 Å². The van der Waals surface area contributed by atoms with Crippen LogP contribution in [0.25, 0.3) is 0 Å². The van der Waals surface area contributed by atoms with Crippen LogP contribution in [0.15, 0.2) is 0 Å². The van der Waals surface area contributed by atoms with Gasteiger partial charge in [0.1, 0.15) is 6.10 Å². The van der Waals surface area contributed by atoms with Crippen molar-refractivity contribution < 1.29 is 29.3 Å². The molecule has 1 rings (SSSR count). The Morgan fingerprint density at radius 3 is 2.36 bits per heavy atom. The number of carboxylic acids is 1. The van der Waals surface area contributed by atoms with Crippen molar-refractivity contribution in [3.05, 3.63) is 0 Å². The highest BCUT2D eigenvalue weighted by atomic mass is 16.5. The lowest BCUT2D eigenvalue weighted by atomic mass is 9.97. The fourth-order valence-corrected chi connectivity index (χ4v) is 2.34. The van der Waals surface area contributed by atoms with E-state index in [2.05, 4.69) is 5.32 Å². The van der Waals surface area contributed by atoms with Crippen molar-refractivity contribution in [3.63, 3.8) is 0 Å². The van der Waals surface area contributed by atoms with E-state index in [0.29, 0.717) is 0 Å². The summed E-state index contributed by atoms with van der Waals surface area (Å²) < 4.78 is 5.31. The van der Waals surface area contributed by atoms with Gasteiger partial charge in [-0.25, -0.2) is 4.79 Å². The standard InChI is InChI=1S/C14H24N2O6/c1-8(17)12(16-13(20)10(15)7-11(18)19)14(21)22-9-5-3-2-4-6-9/h8-10,12,17H,2-7,15H2,1H3,(H,16,20)(H,18,19)/t8-,10+,12-/m1/s1. The van der Waals surface area contributed by atoms with Crippen LogP contribution in [-0.4, -0.2) is 52.4 Å². The average Bonchev–Trinajstić information content (AvgIpc) is 2.44. The summed E-state index contributed by atoms with van der Waals surface area (Å²) in [5.74, 6) is -2.76. The molecule has 126 valence electrons. The minimum Gasteiger partial charge on any atom is -0.481 e. The smallest absolute Gasteiger partial charge is 0.331 e. The van der Waals surface area contributed by atoms with Gasteiger partial charge in [0, 0.05) is 0 Å². The van der Waals surface area contributed by atoms with Crippen LogP contribution >= 0.6 is 0 Å². The largest absolute Gasteiger partial charge is 0.481 e. The second kappa shape index (κ2) is 8.70. The second-order valence-electron chi connectivity index (χ2n) is 5.63. The number of aliphatic hydroxyl groups is 1. The molecular weight excluding hydrogens is 292 g/mol. The molecule has 1 aliphatic rings. The summed E-state index contributed by atoms with van der Waals surface area (Å²) in [6.45, 7) is 1.34. The molecule has 0 unspecified atom stereocenters. The quantitative estimate of drug-likeness (QED) is 0.466. The van der Waals surface area contributed by atoms with Crippen molar-refractivity contribution in [2.75, 3.05) is 0 Å². The van der Waals surface area contributed by atoms with E-state index >= 15 is 0 Å². The van der Waals surface area contributed by atoms with Gasteiger partial charge in [-0.3, -0.25) is 9.59 Å². The zero-order chi connectivity index (χ0) is 16.7. The van der Waals surface area contributed by atoms with Gasteiger partial charge in [-0.2, -0.15) is 0 Å². The van der Waals surface area contributed by atoms with Gasteiger partial charge in [0.15, 0.2) is 6.04 Å². The molecule has 22 heavy (non-hydrogen) atoms. The number of carboxylic acid groups (broad SMARTS) is 1. The van der Waals surface area contributed by atoms with E-state index in [4.69, 9.17) is 15.6 Å². The molecule has 0 aliphatic heterocycles. The highest BCUT2D eigenvalue weighted by Gasteiger charge is 2.31. The number of amides is 1. The molecule has 0 saturated heterocycles. The molecule has 8 heteroatoms. The molecule has 0 radical (unpaired) electrons. The average molecular weight is 316 g/mol. The third kappa shape index (κ3) is 5.98. The monoisotopic (exact) mass is 316 g/mol. The van der Waals surface area contributed by atoms with Gasteiger partial charge in [0.25, 0.3) is 0 Å². The van der Waals surface area contributed by atoms with Gasteiger partial charge in [-0.1, -0.05) is 6.42 Å². The zero-order valence-corrected chi connectivity index (χ0v) is 12.7. The fourth-order valence-electron chi connectivity index (χ4n) is 2.34. The Hall–Kier alpha value is -1.67. The Balaban J connectivity index is 2.58. The minimum atomic E-state index is -1.29. The van der Waals surface area contributed by atoms with E-state index in [1.54, 1.807) is 0 Å². The third-order valence-corrected chi connectivity index (χ3v) is 3.60. The highest BCUT2D eigenvalue weighted by molar-refractivity contribution is 5.90. The van der Waals surface area contributed by atoms with Crippen LogP contribution in [0.2, 0.25) is 0 Å². The fraction of sp³-hybridized carbons (Fsp3) is 0.786. The Morgan fingerprint density at radius 1 is 1.27 bits per heavy atom. The molecule has 0 bridgehead atoms. The molecule has 1 fully saturated rings. The summed E-state index contributed by atoms with van der Waals surface area (Å²) in [4.78, 5) is 34.4. The van der Waals surface area contributed by atoms with Crippen LogP contribution in [0.1, 0.15) is 45.4 Å². The van der Waals surface area contributed by atoms with Crippen LogP contribution < -0.4 is 11.1 Å². The first-order chi connectivity index (χ1) is 10.3. The maximum absolute atomic E-state index is 12.1. The van der Waals surface area contributed by atoms with Gasteiger partial charge in [0.2, 0.25) is 5.91 Å². The summed E-state index contributed by atoms with van der Waals surface area (Å²) in [7, 11) is 0. The van der Waals surface area contributed by atoms with E-state index < -0.39 is 42.5 Å². The predicted octanol–water partition coefficient (Wildman–Crippen LogP) is -0.470. The summed E-state index contributed by atoms with van der Waals surface area (Å²) in [6.07, 6.45) is 2.67. The molecule has 1 saturated carbocycles. The number of hydrogen-bond acceptors (Lipinski definition) is 6. The van der Waals surface area contributed by atoms with E-state index in [1.165, 1.54) is 6.92 Å². The molecule has 0 aromatic heterocycles. The summed E-state index contributed by atoms with van der Waals surface area (Å²) in [6, 6.07) is -2.55. The van der Waals surface area contributed by atoms with Gasteiger partial charge >= 0.3 is 11.9 Å². The Labute approximate surface area is 129 Å². The molecule has 0 heterocycles. The lowest BCUT2D eigenvalue weighted by Crippen LogP contribution is -2.54. The number of aliphatic hydroxyl groups excluding tert-OH is 1. The van der Waals surface area contributed by atoms with Crippen molar-refractivity contribution in [1.29, 1.82) is 0 Å². The number of esters is 1. The van der Waals surface area contributed by atoms with Crippen LogP contribution in [0.5, 0.6) is 0 Å². The van der Waals surface area contributed by atoms with Crippen LogP contribution in [0.4, 0.5) is 0 Å². The summed E-state index contributed by atoms with van der Waals surface area (Å²) in [5, 5.41) is 20.5. The lowest BCUT2D eigenvalue weighted by Gasteiger charge is -2.26. The zero-order valence-electron chi connectivity index (χ0n) is 12.7. The maximum Gasteiger partial charge on any atom is 0.331 e. The van der Waals surface area contributed by atoms with Gasteiger partial charge in [-0.05, 0) is 32.6 Å². The van der Waals surface area contributed by atoms with Gasteiger partial charge < -0.3 is 26.0 Å². The molecule has 5 N–H and O–H groups in total. The molecule has 1 amide bonds. The normalized spacial score (nSPS) is 19.8. The highest BCUT2D eigenvalue weighted by Crippen LogP contribution is 2.20. The van der Waals surface area contributed by atoms with E-state index in [-0.39, 0.29) is 6.10 Å². The number of rotatable bonds is 7. The van der Waals surface area contributed by atoms with Crippen molar-refractivity contribution >= 4 is 17.8 Å². The Bertz CT molecular complexity index is 406. The minimum absolute atomic E-state index is 0.202. The first-order valence-corrected chi connectivity index (χ1v) is 7.47. The van der Waals surface area contributed by atoms with Crippen molar-refractivity contribution in [2.24, 2.45) is 5.73 Å². The second-order valence-corrected chi connectivity index (χ2v) is 5.63. The van der Waals surface area contributed by atoms with E-state index in [1.807, 2.05) is 0 Å².